The maximum atomic E-state index is 5.76. The fourth-order valence-corrected chi connectivity index (χ4v) is 1.55. The van der Waals surface area contributed by atoms with E-state index in [1.165, 1.54) is 0 Å². The number of nitrogens with zero attached hydrogens (tertiary/aromatic N) is 1. The maximum Gasteiger partial charge on any atom is 0.120 e. The Kier molecular flexibility index (Phi) is 2.73. The third kappa shape index (κ3) is 2.66. The Morgan fingerprint density at radius 3 is 2.00 bits per heavy atom. The van der Waals surface area contributed by atoms with E-state index in [1.54, 1.807) is 0 Å². The van der Waals surface area contributed by atoms with Gasteiger partial charge in [0.1, 0.15) is 11.4 Å². The molecule has 1 heterocycles. The Balaban J connectivity index is 2.17. The van der Waals surface area contributed by atoms with Crippen LogP contribution in [0, 0.1) is 0 Å². The van der Waals surface area contributed by atoms with Gasteiger partial charge >= 0.3 is 0 Å². The summed E-state index contributed by atoms with van der Waals surface area (Å²) in [4.78, 5) is 0. The minimum atomic E-state index is -0.144. The van der Waals surface area contributed by atoms with Gasteiger partial charge in [-0.3, -0.25) is 0 Å². The molecule has 2 rings (SSSR count). The van der Waals surface area contributed by atoms with Gasteiger partial charge in [0, 0.05) is 18.1 Å². The Labute approximate surface area is 96.5 Å². The largest absolute Gasteiger partial charge is 0.488 e. The van der Waals surface area contributed by atoms with Crippen molar-refractivity contribution < 1.29 is 4.74 Å². The second-order valence-electron chi connectivity index (χ2n) is 4.80. The van der Waals surface area contributed by atoms with Crippen LogP contribution in [0.3, 0.4) is 0 Å². The highest BCUT2D eigenvalue weighted by Crippen LogP contribution is 2.19. The SMILES string of the molecule is CC(C)(C)Oc1ccc(-n2cccc2)cc1. The van der Waals surface area contributed by atoms with Crippen LogP contribution in [-0.4, -0.2) is 10.2 Å². The number of hydrogen-bond acceptors (Lipinski definition) is 1. The van der Waals surface area contributed by atoms with E-state index in [-0.39, 0.29) is 5.60 Å². The number of aromatic nitrogens is 1. The summed E-state index contributed by atoms with van der Waals surface area (Å²) in [5.74, 6) is 0.906. The summed E-state index contributed by atoms with van der Waals surface area (Å²) in [7, 11) is 0. The van der Waals surface area contributed by atoms with Crippen LogP contribution < -0.4 is 4.74 Å². The van der Waals surface area contributed by atoms with Crippen molar-refractivity contribution in [3.63, 3.8) is 0 Å². The third-order valence-corrected chi connectivity index (χ3v) is 2.16. The van der Waals surface area contributed by atoms with Crippen LogP contribution in [0.4, 0.5) is 0 Å². The molecule has 2 nitrogen and oxygen atoms in total. The third-order valence-electron chi connectivity index (χ3n) is 2.16. The quantitative estimate of drug-likeness (QED) is 0.745. The summed E-state index contributed by atoms with van der Waals surface area (Å²) < 4.78 is 7.84. The van der Waals surface area contributed by atoms with Gasteiger partial charge in [-0.05, 0) is 57.2 Å². The molecule has 0 saturated heterocycles. The van der Waals surface area contributed by atoms with Gasteiger partial charge in [0.05, 0.1) is 0 Å². The molecule has 0 N–H and O–H groups in total. The molecule has 1 aromatic carbocycles. The molecular formula is C14H17NO. The molecule has 0 aliphatic carbocycles. The molecule has 0 fully saturated rings. The molecule has 0 saturated carbocycles. The molecule has 16 heavy (non-hydrogen) atoms. The van der Waals surface area contributed by atoms with Crippen LogP contribution in [0.2, 0.25) is 0 Å². The molecule has 0 aliphatic heterocycles. The molecule has 0 amide bonds. The summed E-state index contributed by atoms with van der Waals surface area (Å²) in [6.45, 7) is 6.15. The molecule has 0 aliphatic rings. The van der Waals surface area contributed by atoms with Gasteiger partial charge in [-0.2, -0.15) is 0 Å². The standard InChI is InChI=1S/C14H17NO/c1-14(2,3)16-13-8-6-12(7-9-13)15-10-4-5-11-15/h4-11H,1-3H3. The van der Waals surface area contributed by atoms with Gasteiger partial charge in [-0.15, -0.1) is 0 Å². The van der Waals surface area contributed by atoms with Gasteiger partial charge in [-0.25, -0.2) is 0 Å². The van der Waals surface area contributed by atoms with Gasteiger partial charge in [-0.1, -0.05) is 0 Å². The van der Waals surface area contributed by atoms with Crippen molar-refractivity contribution in [1.82, 2.24) is 4.57 Å². The van der Waals surface area contributed by atoms with E-state index in [1.807, 2.05) is 57.4 Å². The predicted molar refractivity (Wildman–Crippen MR) is 66.2 cm³/mol. The minimum Gasteiger partial charge on any atom is -0.488 e. The van der Waals surface area contributed by atoms with E-state index in [9.17, 15) is 0 Å². The molecular weight excluding hydrogens is 198 g/mol. The van der Waals surface area contributed by atoms with E-state index < -0.39 is 0 Å². The van der Waals surface area contributed by atoms with E-state index in [4.69, 9.17) is 4.74 Å². The highest BCUT2D eigenvalue weighted by Gasteiger charge is 2.11. The zero-order valence-electron chi connectivity index (χ0n) is 9.97. The molecule has 84 valence electrons. The second kappa shape index (κ2) is 4.05. The topological polar surface area (TPSA) is 14.2 Å². The summed E-state index contributed by atoms with van der Waals surface area (Å²) in [6.07, 6.45) is 4.05. The van der Waals surface area contributed by atoms with Gasteiger partial charge in [0.2, 0.25) is 0 Å². The predicted octanol–water partition coefficient (Wildman–Crippen LogP) is 3.65. The average molecular weight is 215 g/mol. The maximum absolute atomic E-state index is 5.76. The lowest BCUT2D eigenvalue weighted by atomic mass is 10.2. The van der Waals surface area contributed by atoms with Crippen molar-refractivity contribution in [2.75, 3.05) is 0 Å². The number of benzene rings is 1. The monoisotopic (exact) mass is 215 g/mol. The second-order valence-corrected chi connectivity index (χ2v) is 4.80. The van der Waals surface area contributed by atoms with Crippen LogP contribution >= 0.6 is 0 Å². The normalized spacial score (nSPS) is 11.4. The highest BCUT2D eigenvalue weighted by atomic mass is 16.5. The van der Waals surface area contributed by atoms with Crippen LogP contribution in [0.1, 0.15) is 20.8 Å². The highest BCUT2D eigenvalue weighted by molar-refractivity contribution is 5.37. The van der Waals surface area contributed by atoms with Crippen molar-refractivity contribution in [3.05, 3.63) is 48.8 Å². The first-order valence-electron chi connectivity index (χ1n) is 5.47. The molecule has 0 unspecified atom stereocenters. The van der Waals surface area contributed by atoms with Crippen LogP contribution in [0.25, 0.3) is 5.69 Å². The number of rotatable bonds is 2. The Morgan fingerprint density at radius 1 is 0.938 bits per heavy atom. The first-order valence-corrected chi connectivity index (χ1v) is 5.47. The van der Waals surface area contributed by atoms with E-state index in [2.05, 4.69) is 16.7 Å². The average Bonchev–Trinajstić information content (AvgIpc) is 2.69. The fourth-order valence-electron chi connectivity index (χ4n) is 1.55. The first kappa shape index (κ1) is 10.8. The van der Waals surface area contributed by atoms with Crippen LogP contribution in [0.5, 0.6) is 5.75 Å². The molecule has 0 bridgehead atoms. The first-order chi connectivity index (χ1) is 7.54. The summed E-state index contributed by atoms with van der Waals surface area (Å²) in [6, 6.07) is 12.1. The molecule has 0 spiro atoms. The zero-order valence-corrected chi connectivity index (χ0v) is 9.97. The molecule has 1 aromatic heterocycles. The van der Waals surface area contributed by atoms with Crippen LogP contribution in [0.15, 0.2) is 48.8 Å². The van der Waals surface area contributed by atoms with Gasteiger partial charge in [0.25, 0.3) is 0 Å². The molecule has 0 atom stereocenters. The van der Waals surface area contributed by atoms with E-state index in [0.717, 1.165) is 11.4 Å². The number of hydrogen-bond donors (Lipinski definition) is 0. The van der Waals surface area contributed by atoms with Crippen molar-refractivity contribution in [3.8, 4) is 11.4 Å². The smallest absolute Gasteiger partial charge is 0.120 e. The fraction of sp³-hybridized carbons (Fsp3) is 0.286. The zero-order chi connectivity index (χ0) is 11.6. The van der Waals surface area contributed by atoms with Crippen molar-refractivity contribution in [2.45, 2.75) is 26.4 Å². The molecule has 2 heteroatoms. The molecule has 0 radical (unpaired) electrons. The van der Waals surface area contributed by atoms with Crippen molar-refractivity contribution in [1.29, 1.82) is 0 Å². The van der Waals surface area contributed by atoms with E-state index in [0.29, 0.717) is 0 Å². The van der Waals surface area contributed by atoms with Crippen molar-refractivity contribution >= 4 is 0 Å². The number of ether oxygens (including phenoxy) is 1. The molecule has 2 aromatic rings. The van der Waals surface area contributed by atoms with Gasteiger partial charge in [0.15, 0.2) is 0 Å². The Bertz CT molecular complexity index is 435. The van der Waals surface area contributed by atoms with Crippen molar-refractivity contribution in [2.24, 2.45) is 0 Å². The summed E-state index contributed by atoms with van der Waals surface area (Å²) in [5.41, 5.74) is 1.00. The van der Waals surface area contributed by atoms with Crippen LogP contribution in [-0.2, 0) is 0 Å². The van der Waals surface area contributed by atoms with Gasteiger partial charge < -0.3 is 9.30 Å². The Hall–Kier alpha value is -1.70. The lowest BCUT2D eigenvalue weighted by Crippen LogP contribution is -2.22. The summed E-state index contributed by atoms with van der Waals surface area (Å²) >= 11 is 0. The lowest BCUT2D eigenvalue weighted by Gasteiger charge is -2.21. The summed E-state index contributed by atoms with van der Waals surface area (Å²) in [5, 5.41) is 0. The van der Waals surface area contributed by atoms with E-state index >= 15 is 0 Å². The minimum absolute atomic E-state index is 0.144. The lowest BCUT2D eigenvalue weighted by molar-refractivity contribution is 0.131. The Morgan fingerprint density at radius 2 is 1.50 bits per heavy atom.